The first-order chi connectivity index (χ1) is 16.5. The minimum Gasteiger partial charge on any atom is -0.380 e. The first kappa shape index (κ1) is 23.1. The molecule has 0 aliphatic carbocycles. The van der Waals surface area contributed by atoms with Crippen molar-refractivity contribution in [2.45, 2.75) is 19.9 Å². The minimum atomic E-state index is -0.528. The van der Waals surface area contributed by atoms with E-state index in [-0.39, 0.29) is 5.91 Å². The molecule has 2 aromatic carbocycles. The van der Waals surface area contributed by atoms with Gasteiger partial charge in [0.1, 0.15) is 5.82 Å². The van der Waals surface area contributed by atoms with Crippen LogP contribution >= 0.6 is 0 Å². The van der Waals surface area contributed by atoms with E-state index in [2.05, 4.69) is 32.7 Å². The lowest BCUT2D eigenvalue weighted by atomic mass is 10.2. The van der Waals surface area contributed by atoms with Crippen LogP contribution < -0.4 is 21.3 Å². The molecule has 0 unspecified atom stereocenters. The Labute approximate surface area is 199 Å². The first-order valence-electron chi connectivity index (χ1n) is 11.5. The molecular formula is C26H30N6O2. The molecular weight excluding hydrogens is 428 g/mol. The summed E-state index contributed by atoms with van der Waals surface area (Å²) in [6, 6.07) is 19.9. The summed E-state index contributed by atoms with van der Waals surface area (Å²) < 4.78 is 0. The number of nitrogens with one attached hydrogen (secondary N) is 2. The lowest BCUT2D eigenvalue weighted by molar-refractivity contribution is -0.131. The van der Waals surface area contributed by atoms with E-state index in [1.54, 1.807) is 6.07 Å². The molecule has 8 heteroatoms. The molecule has 0 radical (unpaired) electrons. The van der Waals surface area contributed by atoms with Gasteiger partial charge in [0, 0.05) is 62.8 Å². The van der Waals surface area contributed by atoms with E-state index in [1.807, 2.05) is 54.3 Å². The number of amides is 2. The maximum Gasteiger partial charge on any atom is 0.252 e. The average Bonchev–Trinajstić information content (AvgIpc) is 2.88. The van der Waals surface area contributed by atoms with Crippen LogP contribution in [0.5, 0.6) is 0 Å². The summed E-state index contributed by atoms with van der Waals surface area (Å²) in [6.45, 7) is 5.62. The Hall–Kier alpha value is -4.07. The van der Waals surface area contributed by atoms with Gasteiger partial charge in [0.25, 0.3) is 5.91 Å². The number of piperazine rings is 1. The van der Waals surface area contributed by atoms with Crippen LogP contribution in [0, 0.1) is 0 Å². The second-order valence-electron chi connectivity index (χ2n) is 8.21. The first-order valence-corrected chi connectivity index (χ1v) is 11.5. The van der Waals surface area contributed by atoms with Crippen LogP contribution in [0.2, 0.25) is 0 Å². The number of benzene rings is 2. The number of carbonyl (C=O) groups is 2. The van der Waals surface area contributed by atoms with Crippen molar-refractivity contribution in [2.75, 3.05) is 41.7 Å². The van der Waals surface area contributed by atoms with Crippen LogP contribution in [0.15, 0.2) is 66.9 Å². The molecule has 4 rings (SSSR count). The molecule has 0 spiro atoms. The van der Waals surface area contributed by atoms with E-state index in [9.17, 15) is 9.59 Å². The lowest BCUT2D eigenvalue weighted by Crippen LogP contribution is -2.48. The molecule has 1 aromatic heterocycles. The molecule has 0 bridgehead atoms. The largest absolute Gasteiger partial charge is 0.380 e. The van der Waals surface area contributed by atoms with Crippen molar-refractivity contribution in [1.82, 2.24) is 9.88 Å². The summed E-state index contributed by atoms with van der Waals surface area (Å²) in [7, 11) is 0. The fraction of sp³-hybridized carbons (Fsp3) is 0.269. The second-order valence-corrected chi connectivity index (χ2v) is 8.21. The highest BCUT2D eigenvalue weighted by atomic mass is 16.2. The van der Waals surface area contributed by atoms with E-state index in [0.29, 0.717) is 30.0 Å². The highest BCUT2D eigenvalue weighted by Crippen LogP contribution is 2.24. The zero-order chi connectivity index (χ0) is 23.9. The zero-order valence-electron chi connectivity index (χ0n) is 19.3. The van der Waals surface area contributed by atoms with Crippen LogP contribution in [0.4, 0.5) is 22.9 Å². The van der Waals surface area contributed by atoms with Gasteiger partial charge in [-0.25, -0.2) is 4.98 Å². The van der Waals surface area contributed by atoms with Gasteiger partial charge in [-0.3, -0.25) is 9.59 Å². The SMILES string of the molecule is CCC(=O)N1CCN(c2ccc(Nc3cc(NCc4ccccc4)c(C(N)=O)cn3)cc2)CC1. The number of pyridine rings is 1. The van der Waals surface area contributed by atoms with E-state index in [1.165, 1.54) is 6.20 Å². The molecule has 4 N–H and O–H groups in total. The molecule has 2 amide bonds. The van der Waals surface area contributed by atoms with Crippen LogP contribution in [0.3, 0.4) is 0 Å². The Bertz CT molecular complexity index is 1130. The van der Waals surface area contributed by atoms with Crippen LogP contribution in [0.25, 0.3) is 0 Å². The number of anilines is 4. The molecule has 34 heavy (non-hydrogen) atoms. The molecule has 0 saturated carbocycles. The van der Waals surface area contributed by atoms with Gasteiger partial charge in [0.2, 0.25) is 5.91 Å². The van der Waals surface area contributed by atoms with Crippen molar-refractivity contribution in [2.24, 2.45) is 5.73 Å². The number of aromatic nitrogens is 1. The summed E-state index contributed by atoms with van der Waals surface area (Å²) in [6.07, 6.45) is 2.04. The third-order valence-electron chi connectivity index (χ3n) is 5.93. The molecule has 176 valence electrons. The Kier molecular flexibility index (Phi) is 7.27. The fourth-order valence-corrected chi connectivity index (χ4v) is 4.00. The highest BCUT2D eigenvalue weighted by Gasteiger charge is 2.20. The van der Waals surface area contributed by atoms with Crippen LogP contribution in [0.1, 0.15) is 29.3 Å². The van der Waals surface area contributed by atoms with Crippen molar-refractivity contribution in [1.29, 1.82) is 0 Å². The molecule has 2 heterocycles. The number of rotatable bonds is 8. The van der Waals surface area contributed by atoms with Gasteiger partial charge < -0.3 is 26.2 Å². The number of primary amides is 1. The van der Waals surface area contributed by atoms with Crippen molar-refractivity contribution in [3.63, 3.8) is 0 Å². The van der Waals surface area contributed by atoms with Gasteiger partial charge in [-0.1, -0.05) is 37.3 Å². The topological polar surface area (TPSA) is 104 Å². The van der Waals surface area contributed by atoms with Crippen molar-refractivity contribution < 1.29 is 9.59 Å². The molecule has 0 atom stereocenters. The summed E-state index contributed by atoms with van der Waals surface area (Å²) in [5.41, 5.74) is 9.62. The molecule has 1 aliphatic heterocycles. The maximum absolute atomic E-state index is 11.9. The smallest absolute Gasteiger partial charge is 0.252 e. The third-order valence-corrected chi connectivity index (χ3v) is 5.93. The summed E-state index contributed by atoms with van der Waals surface area (Å²) in [5, 5.41) is 6.58. The van der Waals surface area contributed by atoms with Gasteiger partial charge in [-0.05, 0) is 29.8 Å². The van der Waals surface area contributed by atoms with Gasteiger partial charge in [-0.2, -0.15) is 0 Å². The second kappa shape index (κ2) is 10.7. The number of carbonyl (C=O) groups excluding carboxylic acids is 2. The number of hydrogen-bond acceptors (Lipinski definition) is 6. The fourth-order valence-electron chi connectivity index (χ4n) is 4.00. The van der Waals surface area contributed by atoms with Gasteiger partial charge >= 0.3 is 0 Å². The summed E-state index contributed by atoms with van der Waals surface area (Å²) >= 11 is 0. The Morgan fingerprint density at radius 3 is 2.35 bits per heavy atom. The number of nitrogens with two attached hydrogens (primary N) is 1. The van der Waals surface area contributed by atoms with Crippen molar-refractivity contribution >= 4 is 34.7 Å². The van der Waals surface area contributed by atoms with Gasteiger partial charge in [0.05, 0.1) is 11.3 Å². The average molecular weight is 459 g/mol. The predicted molar refractivity (Wildman–Crippen MR) is 135 cm³/mol. The van der Waals surface area contributed by atoms with Gasteiger partial charge in [-0.15, -0.1) is 0 Å². The van der Waals surface area contributed by atoms with E-state index in [0.717, 1.165) is 43.1 Å². The van der Waals surface area contributed by atoms with E-state index in [4.69, 9.17) is 5.73 Å². The third kappa shape index (κ3) is 5.64. The van der Waals surface area contributed by atoms with Crippen molar-refractivity contribution in [3.05, 3.63) is 78.0 Å². The summed E-state index contributed by atoms with van der Waals surface area (Å²) in [4.78, 5) is 32.3. The molecule has 1 fully saturated rings. The van der Waals surface area contributed by atoms with Crippen molar-refractivity contribution in [3.8, 4) is 0 Å². The molecule has 1 aliphatic rings. The summed E-state index contributed by atoms with van der Waals surface area (Å²) in [5.74, 6) is 0.298. The Balaban J connectivity index is 1.41. The molecule has 8 nitrogen and oxygen atoms in total. The van der Waals surface area contributed by atoms with Gasteiger partial charge in [0.15, 0.2) is 0 Å². The minimum absolute atomic E-state index is 0.215. The highest BCUT2D eigenvalue weighted by molar-refractivity contribution is 5.98. The monoisotopic (exact) mass is 458 g/mol. The van der Waals surface area contributed by atoms with Crippen LogP contribution in [-0.2, 0) is 11.3 Å². The quantitative estimate of drug-likeness (QED) is 0.477. The molecule has 3 aromatic rings. The Morgan fingerprint density at radius 1 is 1.00 bits per heavy atom. The van der Waals surface area contributed by atoms with Crippen LogP contribution in [-0.4, -0.2) is 47.9 Å². The number of nitrogens with zero attached hydrogens (tertiary/aromatic N) is 3. The maximum atomic E-state index is 11.9. The lowest BCUT2D eigenvalue weighted by Gasteiger charge is -2.36. The molecule has 1 saturated heterocycles. The Morgan fingerprint density at radius 2 is 1.71 bits per heavy atom. The standard InChI is InChI=1S/C26H30N6O2/c1-2-25(33)32-14-12-31(13-15-32)21-10-8-20(9-11-21)30-24-16-23(22(18-29-24)26(27)34)28-17-19-6-4-3-5-7-19/h3-11,16,18H,2,12-15,17H2,1H3,(H2,27,34)(H2,28,29,30). The zero-order valence-corrected chi connectivity index (χ0v) is 19.3. The van der Waals surface area contributed by atoms with E-state index < -0.39 is 5.91 Å². The number of hydrogen-bond donors (Lipinski definition) is 3. The van der Waals surface area contributed by atoms with E-state index >= 15 is 0 Å². The predicted octanol–water partition coefficient (Wildman–Crippen LogP) is 3.59. The normalized spacial score (nSPS) is 13.4.